The minimum Gasteiger partial charge on any atom is -0.493 e. The molecule has 2 heterocycles. The van der Waals surface area contributed by atoms with Crippen LogP contribution in [0.2, 0.25) is 5.02 Å². The Morgan fingerprint density at radius 1 is 1.21 bits per heavy atom. The van der Waals surface area contributed by atoms with Gasteiger partial charge < -0.3 is 14.6 Å². The Balaban J connectivity index is 1.90. The monoisotopic (exact) mass is 282 g/mol. The Hall–Kier alpha value is -0.770. The van der Waals surface area contributed by atoms with Crippen molar-refractivity contribution in [1.29, 1.82) is 0 Å². The first-order valence-corrected chi connectivity index (χ1v) is 7.23. The molecule has 3 nitrogen and oxygen atoms in total. The van der Waals surface area contributed by atoms with Crippen LogP contribution in [0.5, 0.6) is 5.75 Å². The summed E-state index contributed by atoms with van der Waals surface area (Å²) in [5.74, 6) is 0.990. The van der Waals surface area contributed by atoms with E-state index in [0.29, 0.717) is 0 Å². The molecule has 0 aliphatic carbocycles. The highest BCUT2D eigenvalue weighted by molar-refractivity contribution is 6.30. The van der Waals surface area contributed by atoms with Gasteiger partial charge in [-0.15, -0.1) is 0 Å². The first kappa shape index (κ1) is 13.2. The number of hydrogen-bond donors (Lipinski definition) is 1. The van der Waals surface area contributed by atoms with Gasteiger partial charge in [-0.05, 0) is 42.5 Å². The molecule has 0 atom stereocenters. The number of hydrogen-bond acceptors (Lipinski definition) is 3. The first-order valence-electron chi connectivity index (χ1n) is 6.85. The first-order chi connectivity index (χ1) is 9.22. The van der Waals surface area contributed by atoms with Gasteiger partial charge in [0.1, 0.15) is 5.75 Å². The molecule has 0 spiro atoms. The molecule has 2 aliphatic rings. The van der Waals surface area contributed by atoms with Crippen LogP contribution < -0.4 is 4.74 Å². The molecule has 1 N–H and O–H groups in total. The van der Waals surface area contributed by atoms with Crippen molar-refractivity contribution in [2.24, 2.45) is 5.41 Å². The molecular weight excluding hydrogens is 264 g/mol. The normalized spacial score (nSPS) is 20.9. The lowest BCUT2D eigenvalue weighted by Gasteiger charge is -2.36. The summed E-state index contributed by atoms with van der Waals surface area (Å²) in [6.45, 7) is 2.38. The van der Waals surface area contributed by atoms with E-state index in [9.17, 15) is 5.11 Å². The maximum atomic E-state index is 9.79. The lowest BCUT2D eigenvalue weighted by molar-refractivity contribution is -0.0160. The maximum Gasteiger partial charge on any atom is 0.125 e. The predicted octanol–water partition coefficient (Wildman–Crippen LogP) is 2.61. The zero-order chi connectivity index (χ0) is 13.3. The predicted molar refractivity (Wildman–Crippen MR) is 73.9 cm³/mol. The number of aliphatic hydroxyl groups excluding tert-OH is 1. The van der Waals surface area contributed by atoms with Crippen molar-refractivity contribution in [3.63, 3.8) is 0 Å². The highest BCUT2D eigenvalue weighted by atomic mass is 35.5. The number of aliphatic hydroxyl groups is 1. The van der Waals surface area contributed by atoms with Crippen molar-refractivity contribution in [3.05, 3.63) is 28.3 Å². The second kappa shape index (κ2) is 5.31. The van der Waals surface area contributed by atoms with E-state index in [4.69, 9.17) is 21.1 Å². The van der Waals surface area contributed by atoms with E-state index in [1.807, 2.05) is 12.1 Å². The Morgan fingerprint density at radius 3 is 2.74 bits per heavy atom. The Labute approximate surface area is 118 Å². The topological polar surface area (TPSA) is 38.7 Å². The average Bonchev–Trinajstić information content (AvgIpc) is 2.88. The van der Waals surface area contributed by atoms with E-state index in [0.717, 1.165) is 61.8 Å². The molecule has 4 heteroatoms. The molecular formula is C15H19ClO3. The third-order valence-electron chi connectivity index (χ3n) is 4.28. The van der Waals surface area contributed by atoms with Gasteiger partial charge in [0.25, 0.3) is 0 Å². The molecule has 0 amide bonds. The van der Waals surface area contributed by atoms with Crippen LogP contribution in [0.3, 0.4) is 0 Å². The molecule has 1 aromatic carbocycles. The van der Waals surface area contributed by atoms with Crippen molar-refractivity contribution < 1.29 is 14.6 Å². The fourth-order valence-electron chi connectivity index (χ4n) is 3.08. The molecule has 0 saturated carbocycles. The highest BCUT2D eigenvalue weighted by Crippen LogP contribution is 2.40. The molecule has 1 saturated heterocycles. The van der Waals surface area contributed by atoms with Crippen LogP contribution in [0.4, 0.5) is 0 Å². The third-order valence-corrected chi connectivity index (χ3v) is 4.50. The standard InChI is InChI=1S/C15H19ClO3/c16-13-7-11-1-4-19-14(11)12(8-13)9-15(10-17)2-5-18-6-3-15/h7-8,17H,1-6,9-10H2. The van der Waals surface area contributed by atoms with Gasteiger partial charge in [0.05, 0.1) is 6.61 Å². The number of fused-ring (bicyclic) bond motifs is 1. The molecule has 3 rings (SSSR count). The Bertz CT molecular complexity index is 467. The number of ether oxygens (including phenoxy) is 2. The summed E-state index contributed by atoms with van der Waals surface area (Å²) in [5.41, 5.74) is 2.25. The number of benzene rings is 1. The smallest absolute Gasteiger partial charge is 0.125 e. The third kappa shape index (κ3) is 2.60. The highest BCUT2D eigenvalue weighted by Gasteiger charge is 2.34. The second-order valence-corrected chi connectivity index (χ2v) is 6.04. The lowest BCUT2D eigenvalue weighted by atomic mass is 9.75. The zero-order valence-electron chi connectivity index (χ0n) is 11.0. The van der Waals surface area contributed by atoms with Crippen LogP contribution in [0.1, 0.15) is 24.0 Å². The van der Waals surface area contributed by atoms with Crippen molar-refractivity contribution >= 4 is 11.6 Å². The summed E-state index contributed by atoms with van der Waals surface area (Å²) in [6.07, 6.45) is 3.53. The fraction of sp³-hybridized carbons (Fsp3) is 0.600. The van der Waals surface area contributed by atoms with Crippen LogP contribution in [0.15, 0.2) is 12.1 Å². The van der Waals surface area contributed by atoms with Crippen molar-refractivity contribution in [1.82, 2.24) is 0 Å². The fourth-order valence-corrected chi connectivity index (χ4v) is 3.34. The molecule has 2 aliphatic heterocycles. The molecule has 0 aromatic heterocycles. The largest absolute Gasteiger partial charge is 0.493 e. The minimum absolute atomic E-state index is 0.0807. The van der Waals surface area contributed by atoms with Crippen molar-refractivity contribution in [3.8, 4) is 5.75 Å². The molecule has 1 fully saturated rings. The molecule has 0 radical (unpaired) electrons. The average molecular weight is 283 g/mol. The second-order valence-electron chi connectivity index (χ2n) is 5.60. The summed E-state index contributed by atoms with van der Waals surface area (Å²) >= 11 is 6.19. The molecule has 0 bridgehead atoms. The van der Waals surface area contributed by atoms with E-state index in [-0.39, 0.29) is 12.0 Å². The van der Waals surface area contributed by atoms with Crippen molar-refractivity contribution in [2.75, 3.05) is 26.4 Å². The zero-order valence-corrected chi connectivity index (χ0v) is 11.7. The summed E-state index contributed by atoms with van der Waals surface area (Å²) < 4.78 is 11.2. The maximum absolute atomic E-state index is 9.79. The minimum atomic E-state index is -0.0807. The van der Waals surface area contributed by atoms with E-state index in [1.165, 1.54) is 5.56 Å². The summed E-state index contributed by atoms with van der Waals surface area (Å²) in [7, 11) is 0. The SMILES string of the molecule is OCC1(Cc2cc(Cl)cc3c2OCC3)CCOCC1. The van der Waals surface area contributed by atoms with Gasteiger partial charge in [0.2, 0.25) is 0 Å². The van der Waals surface area contributed by atoms with Crippen LogP contribution in [-0.2, 0) is 17.6 Å². The molecule has 0 unspecified atom stereocenters. The summed E-state index contributed by atoms with van der Waals surface area (Å²) in [5, 5.41) is 10.6. The Kier molecular flexibility index (Phi) is 3.70. The Morgan fingerprint density at radius 2 is 2.00 bits per heavy atom. The van der Waals surface area contributed by atoms with Gasteiger partial charge in [-0.2, -0.15) is 0 Å². The molecule has 19 heavy (non-hydrogen) atoms. The van der Waals surface area contributed by atoms with Gasteiger partial charge in [0, 0.05) is 36.7 Å². The van der Waals surface area contributed by atoms with Gasteiger partial charge in [-0.3, -0.25) is 0 Å². The summed E-state index contributed by atoms with van der Waals surface area (Å²) in [4.78, 5) is 0. The van der Waals surface area contributed by atoms with Gasteiger partial charge in [-0.1, -0.05) is 11.6 Å². The van der Waals surface area contributed by atoms with E-state index < -0.39 is 0 Å². The number of rotatable bonds is 3. The van der Waals surface area contributed by atoms with E-state index in [1.54, 1.807) is 0 Å². The molecule has 1 aromatic rings. The van der Waals surface area contributed by atoms with E-state index in [2.05, 4.69) is 0 Å². The lowest BCUT2D eigenvalue weighted by Crippen LogP contribution is -2.35. The van der Waals surface area contributed by atoms with Crippen LogP contribution in [0.25, 0.3) is 0 Å². The van der Waals surface area contributed by atoms with Crippen LogP contribution in [-0.4, -0.2) is 31.5 Å². The quantitative estimate of drug-likeness (QED) is 0.926. The summed E-state index contributed by atoms with van der Waals surface area (Å²) in [6, 6.07) is 3.97. The van der Waals surface area contributed by atoms with Crippen LogP contribution >= 0.6 is 11.6 Å². The molecule has 104 valence electrons. The van der Waals surface area contributed by atoms with Gasteiger partial charge in [-0.25, -0.2) is 0 Å². The van der Waals surface area contributed by atoms with Gasteiger partial charge in [0.15, 0.2) is 0 Å². The number of halogens is 1. The van der Waals surface area contributed by atoms with Gasteiger partial charge >= 0.3 is 0 Å². The van der Waals surface area contributed by atoms with Crippen LogP contribution in [0, 0.1) is 5.41 Å². The van der Waals surface area contributed by atoms with E-state index >= 15 is 0 Å². The van der Waals surface area contributed by atoms with Crippen molar-refractivity contribution in [2.45, 2.75) is 25.7 Å².